The minimum absolute atomic E-state index is 0.275. The van der Waals surface area contributed by atoms with Crippen LogP contribution in [0.1, 0.15) is 61.8 Å². The predicted molar refractivity (Wildman–Crippen MR) is 95.2 cm³/mol. The highest BCUT2D eigenvalue weighted by atomic mass is 16.6. The molecule has 0 aliphatic carbocycles. The molecule has 0 radical (unpaired) electrons. The molecule has 7 heteroatoms. The fourth-order valence-corrected chi connectivity index (χ4v) is 1.69. The van der Waals surface area contributed by atoms with Gasteiger partial charge in [0.2, 0.25) is 0 Å². The van der Waals surface area contributed by atoms with Crippen LogP contribution in [-0.2, 0) is 9.47 Å². The molecule has 0 saturated heterocycles. The van der Waals surface area contributed by atoms with Gasteiger partial charge in [0.1, 0.15) is 11.2 Å². The summed E-state index contributed by atoms with van der Waals surface area (Å²) in [7, 11) is 0. The molecule has 0 bridgehead atoms. The van der Waals surface area contributed by atoms with Crippen LogP contribution in [0, 0.1) is 0 Å². The van der Waals surface area contributed by atoms with Crippen molar-refractivity contribution in [2.75, 3.05) is 19.6 Å². The second kappa shape index (κ2) is 9.11. The van der Waals surface area contributed by atoms with Crippen molar-refractivity contribution in [3.05, 3.63) is 0 Å². The second-order valence-electron chi connectivity index (χ2n) is 8.45. The number of carbonyl (C=O) groups excluding carboxylic acids is 2. The van der Waals surface area contributed by atoms with Crippen LogP contribution in [0.15, 0.2) is 0 Å². The molecular weight excluding hydrogens is 310 g/mol. The quantitative estimate of drug-likeness (QED) is 0.618. The number of ether oxygens (including phenoxy) is 2. The normalized spacial score (nSPS) is 12.5. The predicted octanol–water partition coefficient (Wildman–Crippen LogP) is 2.79. The summed E-state index contributed by atoms with van der Waals surface area (Å²) in [6.45, 7) is 16.6. The van der Waals surface area contributed by atoms with E-state index in [-0.39, 0.29) is 5.54 Å². The Hall–Kier alpha value is -1.50. The Labute approximate surface area is 146 Å². The Balaban J connectivity index is 3.89. The molecule has 0 aromatic carbocycles. The highest BCUT2D eigenvalue weighted by Gasteiger charge is 2.21. The van der Waals surface area contributed by atoms with E-state index in [0.29, 0.717) is 19.6 Å². The lowest BCUT2D eigenvalue weighted by Crippen LogP contribution is -2.50. The van der Waals surface area contributed by atoms with Gasteiger partial charge < -0.3 is 25.4 Å². The first kappa shape index (κ1) is 22.5. The average molecular weight is 345 g/mol. The van der Waals surface area contributed by atoms with E-state index < -0.39 is 23.4 Å². The molecule has 0 saturated carbocycles. The first-order valence-electron chi connectivity index (χ1n) is 8.39. The Morgan fingerprint density at radius 3 is 1.67 bits per heavy atom. The van der Waals surface area contributed by atoms with Gasteiger partial charge in [-0.05, 0) is 68.4 Å². The Kier molecular flexibility index (Phi) is 8.54. The summed E-state index contributed by atoms with van der Waals surface area (Å²) in [4.78, 5) is 23.1. The molecule has 0 aliphatic rings. The monoisotopic (exact) mass is 345 g/mol. The zero-order chi connectivity index (χ0) is 19.0. The third-order valence-electron chi connectivity index (χ3n) is 2.70. The summed E-state index contributed by atoms with van der Waals surface area (Å²) >= 11 is 0. The van der Waals surface area contributed by atoms with Crippen molar-refractivity contribution in [3.8, 4) is 0 Å². The van der Waals surface area contributed by atoms with Crippen molar-refractivity contribution in [3.63, 3.8) is 0 Å². The third-order valence-corrected chi connectivity index (χ3v) is 2.70. The number of carbonyl (C=O) groups is 2. The molecule has 7 nitrogen and oxygen atoms in total. The van der Waals surface area contributed by atoms with Crippen molar-refractivity contribution in [1.82, 2.24) is 16.0 Å². The molecule has 0 heterocycles. The lowest BCUT2D eigenvalue weighted by molar-refractivity contribution is 0.0504. The molecule has 0 rings (SSSR count). The molecule has 0 aromatic heterocycles. The van der Waals surface area contributed by atoms with E-state index in [1.54, 1.807) is 0 Å². The maximum Gasteiger partial charge on any atom is 0.407 e. The van der Waals surface area contributed by atoms with Crippen LogP contribution in [0.2, 0.25) is 0 Å². The van der Waals surface area contributed by atoms with Crippen LogP contribution >= 0.6 is 0 Å². The molecule has 0 aliphatic heterocycles. The van der Waals surface area contributed by atoms with Crippen molar-refractivity contribution in [1.29, 1.82) is 0 Å². The fourth-order valence-electron chi connectivity index (χ4n) is 1.69. The van der Waals surface area contributed by atoms with E-state index in [0.717, 1.165) is 6.42 Å². The van der Waals surface area contributed by atoms with Gasteiger partial charge in [-0.3, -0.25) is 0 Å². The molecule has 0 aromatic rings. The lowest BCUT2D eigenvalue weighted by atomic mass is 10.1. The Morgan fingerprint density at radius 1 is 0.750 bits per heavy atom. The number of amides is 2. The summed E-state index contributed by atoms with van der Waals surface area (Å²) in [6.07, 6.45) is -0.0768. The molecule has 0 atom stereocenters. The molecule has 0 fully saturated rings. The summed E-state index contributed by atoms with van der Waals surface area (Å²) in [5.74, 6) is 0. The van der Waals surface area contributed by atoms with E-state index in [1.165, 1.54) is 0 Å². The highest BCUT2D eigenvalue weighted by molar-refractivity contribution is 5.68. The van der Waals surface area contributed by atoms with E-state index in [2.05, 4.69) is 16.0 Å². The molecule has 0 unspecified atom stereocenters. The largest absolute Gasteiger partial charge is 0.444 e. The smallest absolute Gasteiger partial charge is 0.407 e. The second-order valence-corrected chi connectivity index (χ2v) is 8.45. The molecule has 142 valence electrons. The Bertz CT molecular complexity index is 409. The minimum atomic E-state index is -0.505. The van der Waals surface area contributed by atoms with Crippen molar-refractivity contribution in [2.45, 2.75) is 78.6 Å². The minimum Gasteiger partial charge on any atom is -0.444 e. The summed E-state index contributed by atoms with van der Waals surface area (Å²) < 4.78 is 10.4. The van der Waals surface area contributed by atoms with Crippen molar-refractivity contribution >= 4 is 12.2 Å². The molecule has 0 spiro atoms. The fraction of sp³-hybridized carbons (Fsp3) is 0.882. The van der Waals surface area contributed by atoms with E-state index in [4.69, 9.17) is 9.47 Å². The van der Waals surface area contributed by atoms with Gasteiger partial charge in [0.25, 0.3) is 0 Å². The van der Waals surface area contributed by atoms with E-state index >= 15 is 0 Å². The lowest BCUT2D eigenvalue weighted by Gasteiger charge is -2.28. The maximum absolute atomic E-state index is 11.6. The van der Waals surface area contributed by atoms with Gasteiger partial charge in [-0.25, -0.2) is 9.59 Å². The number of nitrogens with one attached hydrogen (secondary N) is 3. The number of alkyl carbamates (subject to hydrolysis) is 2. The van der Waals surface area contributed by atoms with Crippen LogP contribution in [0.3, 0.4) is 0 Å². The SMILES string of the molecule is CC(C)(CNC(=O)OC(C)(C)C)NCCCNC(=O)OC(C)(C)C. The van der Waals surface area contributed by atoms with Gasteiger partial charge in [-0.15, -0.1) is 0 Å². The summed E-state index contributed by atoms with van der Waals surface area (Å²) in [5, 5.41) is 8.80. The van der Waals surface area contributed by atoms with Crippen LogP contribution in [0.4, 0.5) is 9.59 Å². The molecular formula is C17H35N3O4. The number of hydrogen-bond acceptors (Lipinski definition) is 5. The zero-order valence-corrected chi connectivity index (χ0v) is 16.5. The average Bonchev–Trinajstić information content (AvgIpc) is 2.32. The number of rotatable bonds is 7. The van der Waals surface area contributed by atoms with E-state index in [9.17, 15) is 9.59 Å². The molecule has 3 N–H and O–H groups in total. The van der Waals surface area contributed by atoms with Crippen LogP contribution in [-0.4, -0.2) is 48.6 Å². The topological polar surface area (TPSA) is 88.7 Å². The van der Waals surface area contributed by atoms with E-state index in [1.807, 2.05) is 55.4 Å². The van der Waals surface area contributed by atoms with Gasteiger partial charge in [0, 0.05) is 18.6 Å². The van der Waals surface area contributed by atoms with Gasteiger partial charge in [0.15, 0.2) is 0 Å². The first-order chi connectivity index (χ1) is 10.7. The zero-order valence-electron chi connectivity index (χ0n) is 16.5. The van der Waals surface area contributed by atoms with Crippen molar-refractivity contribution in [2.24, 2.45) is 0 Å². The van der Waals surface area contributed by atoms with Gasteiger partial charge in [0.05, 0.1) is 0 Å². The van der Waals surface area contributed by atoms with Gasteiger partial charge in [-0.1, -0.05) is 0 Å². The first-order valence-corrected chi connectivity index (χ1v) is 8.39. The van der Waals surface area contributed by atoms with Gasteiger partial charge in [-0.2, -0.15) is 0 Å². The molecule has 2 amide bonds. The highest BCUT2D eigenvalue weighted by Crippen LogP contribution is 2.08. The van der Waals surface area contributed by atoms with Crippen LogP contribution < -0.4 is 16.0 Å². The Morgan fingerprint density at radius 2 is 1.21 bits per heavy atom. The summed E-state index contributed by atoms with van der Waals surface area (Å²) in [6, 6.07) is 0. The summed E-state index contributed by atoms with van der Waals surface area (Å²) in [5.41, 5.74) is -1.27. The molecule has 24 heavy (non-hydrogen) atoms. The maximum atomic E-state index is 11.6. The van der Waals surface area contributed by atoms with Crippen LogP contribution in [0.25, 0.3) is 0 Å². The van der Waals surface area contributed by atoms with Crippen molar-refractivity contribution < 1.29 is 19.1 Å². The standard InChI is InChI=1S/C17H35N3O4/c1-15(2,3)23-13(21)18-10-9-11-20-17(7,8)12-19-14(22)24-16(4,5)6/h20H,9-12H2,1-8H3,(H,18,21)(H,19,22). The van der Waals surface area contributed by atoms with Gasteiger partial charge >= 0.3 is 12.2 Å². The number of hydrogen-bond donors (Lipinski definition) is 3. The van der Waals surface area contributed by atoms with Crippen LogP contribution in [0.5, 0.6) is 0 Å². The third kappa shape index (κ3) is 14.1.